The van der Waals surface area contributed by atoms with Crippen molar-refractivity contribution in [2.45, 2.75) is 26.2 Å². The molecule has 7 nitrogen and oxygen atoms in total. The smallest absolute Gasteiger partial charge is 0.349 e. The lowest BCUT2D eigenvalue weighted by Crippen LogP contribution is -2.37. The summed E-state index contributed by atoms with van der Waals surface area (Å²) in [5, 5.41) is 0. The summed E-state index contributed by atoms with van der Waals surface area (Å²) in [6.07, 6.45) is 2.92. The lowest BCUT2D eigenvalue weighted by Gasteiger charge is -2.12. The van der Waals surface area contributed by atoms with Gasteiger partial charge in [0, 0.05) is 0 Å². The third-order valence-electron chi connectivity index (χ3n) is 1.63. The van der Waals surface area contributed by atoms with Crippen LogP contribution in [0.3, 0.4) is 0 Å². The van der Waals surface area contributed by atoms with Crippen molar-refractivity contribution >= 4 is 22.2 Å². The zero-order valence-corrected chi connectivity index (χ0v) is 9.25. The summed E-state index contributed by atoms with van der Waals surface area (Å²) in [5.41, 5.74) is 5.19. The minimum atomic E-state index is -3.77. The SMILES string of the molecule is CCCCCOC1=NC(N)=NS(=O)(=O)N1. The third-order valence-corrected chi connectivity index (χ3v) is 2.49. The highest BCUT2D eigenvalue weighted by atomic mass is 32.2. The first-order valence-corrected chi connectivity index (χ1v) is 6.07. The molecule has 15 heavy (non-hydrogen) atoms. The number of unbranched alkanes of at least 4 members (excludes halogenated alkanes) is 2. The molecule has 0 radical (unpaired) electrons. The van der Waals surface area contributed by atoms with Gasteiger partial charge in [-0.3, -0.25) is 0 Å². The van der Waals surface area contributed by atoms with Crippen molar-refractivity contribution in [1.82, 2.24) is 4.72 Å². The maximum Gasteiger partial charge on any atom is 0.349 e. The molecule has 0 aromatic carbocycles. The fraction of sp³-hybridized carbons (Fsp3) is 0.714. The van der Waals surface area contributed by atoms with Crippen LogP contribution in [0, 0.1) is 0 Å². The number of aliphatic imine (C=N–C) groups is 1. The Kier molecular flexibility index (Phi) is 3.89. The second-order valence-electron chi connectivity index (χ2n) is 3.00. The highest BCUT2D eigenvalue weighted by molar-refractivity contribution is 7.89. The second kappa shape index (κ2) is 4.96. The van der Waals surface area contributed by atoms with Crippen LogP contribution < -0.4 is 10.5 Å². The molecule has 0 saturated heterocycles. The van der Waals surface area contributed by atoms with Crippen molar-refractivity contribution in [1.29, 1.82) is 0 Å². The molecule has 0 aromatic heterocycles. The quantitative estimate of drug-likeness (QED) is 0.652. The van der Waals surface area contributed by atoms with Gasteiger partial charge in [0.2, 0.25) is 5.96 Å². The molecule has 1 aliphatic heterocycles. The highest BCUT2D eigenvalue weighted by Crippen LogP contribution is 1.99. The number of guanidine groups is 1. The van der Waals surface area contributed by atoms with E-state index in [2.05, 4.69) is 16.3 Å². The van der Waals surface area contributed by atoms with E-state index in [1.54, 1.807) is 0 Å². The lowest BCUT2D eigenvalue weighted by molar-refractivity contribution is 0.285. The summed E-state index contributed by atoms with van der Waals surface area (Å²) >= 11 is 0. The number of nitrogens with two attached hydrogens (primary N) is 1. The molecular formula is C7H14N4O3S. The minimum Gasteiger partial charge on any atom is -0.464 e. The van der Waals surface area contributed by atoms with Crippen molar-refractivity contribution < 1.29 is 13.2 Å². The van der Waals surface area contributed by atoms with Gasteiger partial charge in [-0.15, -0.1) is 4.40 Å². The Morgan fingerprint density at radius 2 is 2.20 bits per heavy atom. The van der Waals surface area contributed by atoms with Crippen LogP contribution in [0.2, 0.25) is 0 Å². The van der Waals surface area contributed by atoms with Crippen LogP contribution >= 0.6 is 0 Å². The zero-order valence-electron chi connectivity index (χ0n) is 8.43. The van der Waals surface area contributed by atoms with Gasteiger partial charge in [-0.2, -0.15) is 13.4 Å². The molecule has 86 valence electrons. The largest absolute Gasteiger partial charge is 0.464 e. The minimum absolute atomic E-state index is 0.112. The molecule has 0 amide bonds. The van der Waals surface area contributed by atoms with Gasteiger partial charge in [-0.1, -0.05) is 19.8 Å². The van der Waals surface area contributed by atoms with Gasteiger partial charge < -0.3 is 10.5 Å². The van der Waals surface area contributed by atoms with E-state index >= 15 is 0 Å². The number of nitrogens with one attached hydrogen (secondary N) is 1. The fourth-order valence-electron chi connectivity index (χ4n) is 0.986. The van der Waals surface area contributed by atoms with Crippen molar-refractivity contribution in [3.63, 3.8) is 0 Å². The predicted octanol–water partition coefficient (Wildman–Crippen LogP) is -0.288. The van der Waals surface area contributed by atoms with Gasteiger partial charge in [-0.25, -0.2) is 4.72 Å². The lowest BCUT2D eigenvalue weighted by atomic mass is 10.3. The number of rotatable bonds is 4. The Morgan fingerprint density at radius 1 is 1.47 bits per heavy atom. The average Bonchev–Trinajstić information content (AvgIpc) is 2.09. The molecule has 0 unspecified atom stereocenters. The molecule has 1 aliphatic rings. The summed E-state index contributed by atoms with van der Waals surface area (Å²) in [6, 6.07) is -0.112. The molecule has 0 aromatic rings. The summed E-state index contributed by atoms with van der Waals surface area (Å²) in [5.74, 6) is -0.320. The van der Waals surface area contributed by atoms with Crippen molar-refractivity contribution in [2.75, 3.05) is 6.61 Å². The highest BCUT2D eigenvalue weighted by Gasteiger charge is 2.18. The van der Waals surface area contributed by atoms with Gasteiger partial charge in [0.15, 0.2) is 0 Å². The standard InChI is InChI=1S/C7H14N4O3S/c1-2-3-4-5-14-7-9-6(8)10-15(12,13)11-7/h2-5H2,1H3,(H3,8,9,10,11). The summed E-state index contributed by atoms with van der Waals surface area (Å²) in [4.78, 5) is 3.61. The Labute approximate surface area is 88.6 Å². The molecule has 1 heterocycles. The van der Waals surface area contributed by atoms with Crippen LogP contribution in [-0.4, -0.2) is 27.0 Å². The maximum absolute atomic E-state index is 11.0. The number of nitrogens with zero attached hydrogens (tertiary/aromatic N) is 2. The van der Waals surface area contributed by atoms with Crippen LogP contribution in [0.5, 0.6) is 0 Å². The van der Waals surface area contributed by atoms with Crippen LogP contribution in [0.15, 0.2) is 9.39 Å². The van der Waals surface area contributed by atoms with Gasteiger partial charge >= 0.3 is 16.2 Å². The molecule has 0 spiro atoms. The first-order valence-electron chi connectivity index (χ1n) is 4.63. The van der Waals surface area contributed by atoms with E-state index in [1.807, 2.05) is 4.72 Å². The first kappa shape index (κ1) is 11.8. The van der Waals surface area contributed by atoms with E-state index in [4.69, 9.17) is 10.5 Å². The Hall–Kier alpha value is -1.31. The molecule has 0 atom stereocenters. The maximum atomic E-state index is 11.0. The monoisotopic (exact) mass is 234 g/mol. The van der Waals surface area contributed by atoms with Crippen molar-refractivity contribution in [3.05, 3.63) is 0 Å². The molecule has 0 bridgehead atoms. The van der Waals surface area contributed by atoms with E-state index in [1.165, 1.54) is 0 Å². The molecule has 3 N–H and O–H groups in total. The number of ether oxygens (including phenoxy) is 1. The normalized spacial score (nSPS) is 18.7. The topological polar surface area (TPSA) is 106 Å². The van der Waals surface area contributed by atoms with Crippen LogP contribution in [-0.2, 0) is 14.9 Å². The molecule has 0 aliphatic carbocycles. The van der Waals surface area contributed by atoms with Gasteiger partial charge in [0.1, 0.15) is 0 Å². The zero-order chi connectivity index (χ0) is 11.3. The van der Waals surface area contributed by atoms with Crippen LogP contribution in [0.1, 0.15) is 26.2 Å². The summed E-state index contributed by atoms with van der Waals surface area (Å²) < 4.78 is 32.3. The van der Waals surface area contributed by atoms with Crippen LogP contribution in [0.4, 0.5) is 0 Å². The van der Waals surface area contributed by atoms with E-state index in [0.29, 0.717) is 6.61 Å². The number of amidine groups is 1. The summed E-state index contributed by atoms with van der Waals surface area (Å²) in [7, 11) is -3.77. The van der Waals surface area contributed by atoms with Crippen molar-refractivity contribution in [2.24, 2.45) is 15.1 Å². The van der Waals surface area contributed by atoms with Crippen LogP contribution in [0.25, 0.3) is 0 Å². The molecule has 0 saturated carbocycles. The fourth-order valence-corrected chi connectivity index (χ4v) is 1.64. The average molecular weight is 234 g/mol. The van der Waals surface area contributed by atoms with Gasteiger partial charge in [0.05, 0.1) is 6.61 Å². The molecule has 1 rings (SSSR count). The Balaban J connectivity index is 2.47. The molecule has 8 heteroatoms. The van der Waals surface area contributed by atoms with Gasteiger partial charge in [0.25, 0.3) is 0 Å². The third kappa shape index (κ3) is 4.15. The van der Waals surface area contributed by atoms with E-state index in [-0.39, 0.29) is 12.0 Å². The van der Waals surface area contributed by atoms with E-state index in [0.717, 1.165) is 19.3 Å². The predicted molar refractivity (Wildman–Crippen MR) is 56.6 cm³/mol. The molecular weight excluding hydrogens is 220 g/mol. The number of hydrogen-bond acceptors (Lipinski definition) is 5. The molecule has 0 fully saturated rings. The van der Waals surface area contributed by atoms with E-state index in [9.17, 15) is 8.42 Å². The van der Waals surface area contributed by atoms with Gasteiger partial charge in [-0.05, 0) is 6.42 Å². The Bertz CT molecular complexity index is 374. The first-order chi connectivity index (χ1) is 7.03. The second-order valence-corrected chi connectivity index (χ2v) is 4.34. The van der Waals surface area contributed by atoms with Crippen molar-refractivity contribution in [3.8, 4) is 0 Å². The Morgan fingerprint density at radius 3 is 2.80 bits per heavy atom. The van der Waals surface area contributed by atoms with E-state index < -0.39 is 10.2 Å². The summed E-state index contributed by atoms with van der Waals surface area (Å²) in [6.45, 7) is 2.47. The number of hydrogen-bond donors (Lipinski definition) is 2.